The van der Waals surface area contributed by atoms with Crippen molar-refractivity contribution in [2.24, 2.45) is 0 Å². The standard InChI is InChI=1S/C22H30N4O2/c1-3-5-21(27)25(19-11-7-17(23)8-12-19)15-16-26(22(28)6-4-2)20-13-9-18(24)10-14-20/h7-14H,3-6,15-16,23-24H2,1-2H3. The number of carbonyl (C=O) groups excluding carboxylic acids is 2. The van der Waals surface area contributed by atoms with Gasteiger partial charge >= 0.3 is 0 Å². The maximum Gasteiger partial charge on any atom is 0.227 e. The maximum atomic E-state index is 12.7. The van der Waals surface area contributed by atoms with Crippen molar-refractivity contribution in [3.63, 3.8) is 0 Å². The first kappa shape index (κ1) is 21.3. The van der Waals surface area contributed by atoms with Gasteiger partial charge in [-0.25, -0.2) is 0 Å². The average Bonchev–Trinajstić information content (AvgIpc) is 2.67. The summed E-state index contributed by atoms with van der Waals surface area (Å²) in [5, 5.41) is 0. The molecule has 0 bridgehead atoms. The van der Waals surface area contributed by atoms with E-state index in [2.05, 4.69) is 0 Å². The van der Waals surface area contributed by atoms with Crippen molar-refractivity contribution in [3.8, 4) is 0 Å². The lowest BCUT2D eigenvalue weighted by atomic mass is 10.2. The molecule has 0 aliphatic rings. The second kappa shape index (κ2) is 10.3. The summed E-state index contributed by atoms with van der Waals surface area (Å²) in [6.07, 6.45) is 2.44. The molecular formula is C22H30N4O2. The van der Waals surface area contributed by atoms with E-state index in [0.717, 1.165) is 24.2 Å². The number of benzene rings is 2. The van der Waals surface area contributed by atoms with Crippen LogP contribution in [0.2, 0.25) is 0 Å². The molecule has 0 fully saturated rings. The lowest BCUT2D eigenvalue weighted by Crippen LogP contribution is -2.41. The summed E-state index contributed by atoms with van der Waals surface area (Å²) in [4.78, 5) is 28.8. The van der Waals surface area contributed by atoms with Crippen LogP contribution in [0.3, 0.4) is 0 Å². The van der Waals surface area contributed by atoms with Gasteiger partial charge in [0, 0.05) is 48.7 Å². The van der Waals surface area contributed by atoms with E-state index in [1.807, 2.05) is 38.1 Å². The molecule has 0 heterocycles. The van der Waals surface area contributed by atoms with Crippen LogP contribution in [0.4, 0.5) is 22.7 Å². The fourth-order valence-electron chi connectivity index (χ4n) is 3.00. The van der Waals surface area contributed by atoms with Gasteiger partial charge in [0.25, 0.3) is 0 Å². The van der Waals surface area contributed by atoms with Gasteiger partial charge in [0.1, 0.15) is 0 Å². The number of nitrogens with two attached hydrogens (primary N) is 2. The molecule has 0 radical (unpaired) electrons. The van der Waals surface area contributed by atoms with Gasteiger partial charge in [0.15, 0.2) is 0 Å². The molecule has 28 heavy (non-hydrogen) atoms. The highest BCUT2D eigenvalue weighted by molar-refractivity contribution is 5.95. The maximum absolute atomic E-state index is 12.7. The number of nitrogen functional groups attached to an aromatic ring is 2. The summed E-state index contributed by atoms with van der Waals surface area (Å²) in [5.41, 5.74) is 14.4. The van der Waals surface area contributed by atoms with Crippen LogP contribution in [0, 0.1) is 0 Å². The lowest BCUT2D eigenvalue weighted by Gasteiger charge is -2.28. The summed E-state index contributed by atoms with van der Waals surface area (Å²) in [7, 11) is 0. The summed E-state index contributed by atoms with van der Waals surface area (Å²) < 4.78 is 0. The third-order valence-corrected chi connectivity index (χ3v) is 4.49. The minimum absolute atomic E-state index is 0.0347. The normalized spacial score (nSPS) is 10.5. The van der Waals surface area contributed by atoms with E-state index in [9.17, 15) is 9.59 Å². The first-order valence-corrected chi connectivity index (χ1v) is 9.78. The highest BCUT2D eigenvalue weighted by Crippen LogP contribution is 2.21. The first-order chi connectivity index (χ1) is 13.5. The molecular weight excluding hydrogens is 352 g/mol. The Hall–Kier alpha value is -3.02. The quantitative estimate of drug-likeness (QED) is 0.645. The van der Waals surface area contributed by atoms with Crippen LogP contribution in [0.15, 0.2) is 48.5 Å². The van der Waals surface area contributed by atoms with Crippen molar-refractivity contribution < 1.29 is 9.59 Å². The van der Waals surface area contributed by atoms with Crippen molar-refractivity contribution >= 4 is 34.6 Å². The Morgan fingerprint density at radius 3 is 1.29 bits per heavy atom. The van der Waals surface area contributed by atoms with Gasteiger partial charge in [-0.1, -0.05) is 13.8 Å². The van der Waals surface area contributed by atoms with E-state index in [1.54, 1.807) is 34.1 Å². The SMILES string of the molecule is CCCC(=O)N(CCN(C(=O)CCC)c1ccc(N)cc1)c1ccc(N)cc1. The molecule has 2 amide bonds. The smallest absolute Gasteiger partial charge is 0.227 e. The Balaban J connectivity index is 2.24. The number of hydrogen-bond acceptors (Lipinski definition) is 4. The molecule has 0 atom stereocenters. The minimum atomic E-state index is 0.0347. The average molecular weight is 383 g/mol. The summed E-state index contributed by atoms with van der Waals surface area (Å²) in [6, 6.07) is 14.5. The van der Waals surface area contributed by atoms with Crippen molar-refractivity contribution in [1.29, 1.82) is 0 Å². The highest BCUT2D eigenvalue weighted by Gasteiger charge is 2.20. The number of nitrogens with zero attached hydrogens (tertiary/aromatic N) is 2. The van der Waals surface area contributed by atoms with E-state index < -0.39 is 0 Å². The minimum Gasteiger partial charge on any atom is -0.399 e. The van der Waals surface area contributed by atoms with Gasteiger partial charge < -0.3 is 21.3 Å². The Kier molecular flexibility index (Phi) is 7.87. The van der Waals surface area contributed by atoms with Crippen molar-refractivity contribution in [2.75, 3.05) is 34.4 Å². The fraction of sp³-hybridized carbons (Fsp3) is 0.364. The van der Waals surface area contributed by atoms with Crippen LogP contribution < -0.4 is 21.3 Å². The summed E-state index contributed by atoms with van der Waals surface area (Å²) in [5.74, 6) is 0.0694. The number of hydrogen-bond donors (Lipinski definition) is 2. The van der Waals surface area contributed by atoms with Gasteiger partial charge in [0.2, 0.25) is 11.8 Å². The second-order valence-electron chi connectivity index (χ2n) is 6.77. The molecule has 2 aromatic rings. The zero-order valence-electron chi connectivity index (χ0n) is 16.7. The predicted octanol–water partition coefficient (Wildman–Crippen LogP) is 3.82. The molecule has 0 saturated heterocycles. The molecule has 0 unspecified atom stereocenters. The topological polar surface area (TPSA) is 92.7 Å². The Labute approximate surface area is 167 Å². The van der Waals surface area contributed by atoms with Crippen LogP contribution >= 0.6 is 0 Å². The van der Waals surface area contributed by atoms with Gasteiger partial charge in [-0.3, -0.25) is 9.59 Å². The molecule has 4 N–H and O–H groups in total. The number of amides is 2. The Morgan fingerprint density at radius 1 is 0.679 bits per heavy atom. The summed E-state index contributed by atoms with van der Waals surface area (Å²) in [6.45, 7) is 4.76. The van der Waals surface area contributed by atoms with Crippen molar-refractivity contribution in [2.45, 2.75) is 39.5 Å². The van der Waals surface area contributed by atoms with Crippen LogP contribution in [-0.4, -0.2) is 24.9 Å². The van der Waals surface area contributed by atoms with E-state index in [4.69, 9.17) is 11.5 Å². The molecule has 0 aliphatic heterocycles. The van der Waals surface area contributed by atoms with Gasteiger partial charge in [-0.05, 0) is 61.4 Å². The molecule has 0 aliphatic carbocycles. The van der Waals surface area contributed by atoms with Gasteiger partial charge in [0.05, 0.1) is 0 Å². The third-order valence-electron chi connectivity index (χ3n) is 4.49. The number of anilines is 4. The number of rotatable bonds is 9. The molecule has 6 heteroatoms. The van der Waals surface area contributed by atoms with Crippen LogP contribution in [0.25, 0.3) is 0 Å². The molecule has 0 saturated carbocycles. The predicted molar refractivity (Wildman–Crippen MR) is 116 cm³/mol. The first-order valence-electron chi connectivity index (χ1n) is 9.78. The van der Waals surface area contributed by atoms with Crippen LogP contribution in [-0.2, 0) is 9.59 Å². The van der Waals surface area contributed by atoms with Crippen LogP contribution in [0.1, 0.15) is 39.5 Å². The highest BCUT2D eigenvalue weighted by atomic mass is 16.2. The Bertz CT molecular complexity index is 705. The van der Waals surface area contributed by atoms with E-state index in [1.165, 1.54) is 0 Å². The third kappa shape index (κ3) is 5.74. The monoisotopic (exact) mass is 382 g/mol. The lowest BCUT2D eigenvalue weighted by molar-refractivity contribution is -0.120. The van der Waals surface area contributed by atoms with E-state index >= 15 is 0 Å². The summed E-state index contributed by atoms with van der Waals surface area (Å²) >= 11 is 0. The van der Waals surface area contributed by atoms with E-state index in [-0.39, 0.29) is 11.8 Å². The molecule has 0 aromatic heterocycles. The molecule has 2 aromatic carbocycles. The zero-order chi connectivity index (χ0) is 20.5. The fourth-order valence-corrected chi connectivity index (χ4v) is 3.00. The van der Waals surface area contributed by atoms with Crippen molar-refractivity contribution in [3.05, 3.63) is 48.5 Å². The number of carbonyl (C=O) groups is 2. The Morgan fingerprint density at radius 2 is 1.00 bits per heavy atom. The second-order valence-corrected chi connectivity index (χ2v) is 6.77. The molecule has 0 spiro atoms. The van der Waals surface area contributed by atoms with Gasteiger partial charge in [-0.2, -0.15) is 0 Å². The largest absolute Gasteiger partial charge is 0.399 e. The van der Waals surface area contributed by atoms with Crippen LogP contribution in [0.5, 0.6) is 0 Å². The van der Waals surface area contributed by atoms with E-state index in [0.29, 0.717) is 37.3 Å². The van der Waals surface area contributed by atoms with Crippen molar-refractivity contribution in [1.82, 2.24) is 0 Å². The molecule has 6 nitrogen and oxygen atoms in total. The molecule has 150 valence electrons. The van der Waals surface area contributed by atoms with Gasteiger partial charge in [-0.15, -0.1) is 0 Å². The zero-order valence-corrected chi connectivity index (χ0v) is 16.7. The molecule has 2 rings (SSSR count).